The fraction of sp³-hybridized carbons (Fsp3) is 0.600. The lowest BCUT2D eigenvalue weighted by atomic mass is 10.4. The summed E-state index contributed by atoms with van der Waals surface area (Å²) in [6.07, 6.45) is 0.753. The van der Waals surface area contributed by atoms with E-state index in [1.54, 1.807) is 18.6 Å². The summed E-state index contributed by atoms with van der Waals surface area (Å²) >= 11 is 1.38. The van der Waals surface area contributed by atoms with E-state index in [0.717, 1.165) is 6.42 Å². The Morgan fingerprint density at radius 2 is 2.37 bits per heavy atom. The van der Waals surface area contributed by atoms with Gasteiger partial charge in [0.05, 0.1) is 5.75 Å². The van der Waals surface area contributed by atoms with Gasteiger partial charge in [-0.05, 0) is 13.3 Å². The average Bonchev–Trinajstić information content (AvgIpc) is 2.95. The Labute approximate surface area is 113 Å². The number of H-pyrrole nitrogens is 1. The monoisotopic (exact) mass is 285 g/mol. The van der Waals surface area contributed by atoms with Gasteiger partial charge < -0.3 is 9.26 Å². The molecular weight excluding hydrogens is 270 g/mol. The number of hydrogen-bond donors (Lipinski definition) is 1. The number of methoxy groups -OCH3 is 1. The number of thioether (sulfide) groups is 1. The Morgan fingerprint density at radius 1 is 1.53 bits per heavy atom. The Balaban J connectivity index is 1.98. The number of aromatic nitrogens is 5. The molecule has 0 radical (unpaired) electrons. The van der Waals surface area contributed by atoms with Crippen molar-refractivity contribution >= 4 is 11.8 Å². The van der Waals surface area contributed by atoms with E-state index >= 15 is 0 Å². The largest absolute Gasteiger partial charge is 0.385 e. The van der Waals surface area contributed by atoms with Crippen LogP contribution in [-0.2, 0) is 17.0 Å². The molecule has 0 bridgehead atoms. The van der Waals surface area contributed by atoms with Crippen LogP contribution in [-0.4, -0.2) is 38.6 Å². The Morgan fingerprint density at radius 3 is 3.05 bits per heavy atom. The predicted molar refractivity (Wildman–Crippen MR) is 67.9 cm³/mol. The second-order valence-corrected chi connectivity index (χ2v) is 4.78. The first kappa shape index (κ1) is 13.8. The number of nitrogens with one attached hydrogen (secondary N) is 1. The minimum atomic E-state index is -0.222. The van der Waals surface area contributed by atoms with Gasteiger partial charge >= 0.3 is 5.69 Å². The highest BCUT2D eigenvalue weighted by atomic mass is 32.2. The summed E-state index contributed by atoms with van der Waals surface area (Å²) in [5.74, 6) is 1.59. The summed E-state index contributed by atoms with van der Waals surface area (Å²) in [4.78, 5) is 15.7. The number of rotatable bonds is 7. The summed E-state index contributed by atoms with van der Waals surface area (Å²) in [5, 5.41) is 10.7. The van der Waals surface area contributed by atoms with Crippen molar-refractivity contribution in [3.63, 3.8) is 0 Å². The molecule has 0 amide bonds. The number of hydrogen-bond acceptors (Lipinski definition) is 7. The van der Waals surface area contributed by atoms with Gasteiger partial charge in [-0.25, -0.2) is 9.89 Å². The molecule has 1 N–H and O–H groups in total. The highest BCUT2D eigenvalue weighted by Gasteiger charge is 2.11. The first-order chi connectivity index (χ1) is 9.20. The van der Waals surface area contributed by atoms with Crippen molar-refractivity contribution in [2.75, 3.05) is 13.7 Å². The van der Waals surface area contributed by atoms with Crippen LogP contribution in [0.1, 0.15) is 18.1 Å². The molecule has 9 heteroatoms. The summed E-state index contributed by atoms with van der Waals surface area (Å²) in [6.45, 7) is 2.92. The van der Waals surface area contributed by atoms with E-state index in [4.69, 9.17) is 9.26 Å². The van der Waals surface area contributed by atoms with Crippen molar-refractivity contribution in [1.82, 2.24) is 24.9 Å². The van der Waals surface area contributed by atoms with Crippen LogP contribution < -0.4 is 5.69 Å². The molecule has 0 unspecified atom stereocenters. The third-order valence-corrected chi connectivity index (χ3v) is 3.31. The summed E-state index contributed by atoms with van der Waals surface area (Å²) in [5.41, 5.74) is -0.222. The lowest BCUT2D eigenvalue weighted by Crippen LogP contribution is -2.18. The molecule has 2 aromatic rings. The standard InChI is InChI=1S/C10H15N5O3S/c1-7-11-8(18-14-7)6-19-10-13-12-9(16)15(10)4-3-5-17-2/h3-6H2,1-2H3,(H,12,16). The van der Waals surface area contributed by atoms with Crippen molar-refractivity contribution in [1.29, 1.82) is 0 Å². The fourth-order valence-electron chi connectivity index (χ4n) is 1.50. The Bertz CT molecular complexity index is 576. The molecule has 0 saturated heterocycles. The first-order valence-corrected chi connectivity index (χ1v) is 6.75. The SMILES string of the molecule is COCCCn1c(SCc2nc(C)no2)n[nH]c1=O. The van der Waals surface area contributed by atoms with E-state index in [1.165, 1.54) is 11.8 Å². The maximum atomic E-state index is 11.6. The Kier molecular flexibility index (Phi) is 4.74. The molecule has 0 aliphatic rings. The van der Waals surface area contributed by atoms with Gasteiger partial charge in [-0.15, -0.1) is 5.10 Å². The molecule has 104 valence electrons. The number of aromatic amines is 1. The minimum absolute atomic E-state index is 0.222. The summed E-state index contributed by atoms with van der Waals surface area (Å²) < 4.78 is 11.5. The molecule has 0 aliphatic heterocycles. The Hall–Kier alpha value is -1.61. The summed E-state index contributed by atoms with van der Waals surface area (Å²) in [6, 6.07) is 0. The van der Waals surface area contributed by atoms with Crippen LogP contribution in [0.2, 0.25) is 0 Å². The molecule has 19 heavy (non-hydrogen) atoms. The van der Waals surface area contributed by atoms with Crippen LogP contribution in [0.25, 0.3) is 0 Å². The third-order valence-electron chi connectivity index (χ3n) is 2.35. The highest BCUT2D eigenvalue weighted by Crippen LogP contribution is 2.18. The van der Waals surface area contributed by atoms with Gasteiger partial charge in [-0.1, -0.05) is 16.9 Å². The molecule has 8 nitrogen and oxygen atoms in total. The zero-order chi connectivity index (χ0) is 13.7. The second kappa shape index (κ2) is 6.53. The fourth-order valence-corrected chi connectivity index (χ4v) is 2.31. The van der Waals surface area contributed by atoms with E-state index in [0.29, 0.717) is 35.8 Å². The van der Waals surface area contributed by atoms with Gasteiger partial charge in [0, 0.05) is 20.3 Å². The van der Waals surface area contributed by atoms with Crippen LogP contribution in [0, 0.1) is 6.92 Å². The van der Waals surface area contributed by atoms with Gasteiger partial charge in [0.2, 0.25) is 5.89 Å². The molecule has 0 atom stereocenters. The molecule has 2 aromatic heterocycles. The van der Waals surface area contributed by atoms with E-state index < -0.39 is 0 Å². The van der Waals surface area contributed by atoms with E-state index in [1.807, 2.05) is 0 Å². The predicted octanol–water partition coefficient (Wildman–Crippen LogP) is 0.592. The molecule has 0 saturated carbocycles. The second-order valence-electron chi connectivity index (χ2n) is 3.83. The van der Waals surface area contributed by atoms with E-state index in [2.05, 4.69) is 20.3 Å². The van der Waals surface area contributed by atoms with Crippen molar-refractivity contribution in [3.8, 4) is 0 Å². The lowest BCUT2D eigenvalue weighted by Gasteiger charge is -2.03. The number of ether oxygens (including phenoxy) is 1. The molecule has 2 rings (SSSR count). The smallest absolute Gasteiger partial charge is 0.343 e. The van der Waals surface area contributed by atoms with Crippen molar-refractivity contribution in [2.45, 2.75) is 30.8 Å². The molecule has 2 heterocycles. The summed E-state index contributed by atoms with van der Waals surface area (Å²) in [7, 11) is 1.63. The van der Waals surface area contributed by atoms with E-state index in [9.17, 15) is 4.79 Å². The van der Waals surface area contributed by atoms with Gasteiger partial charge in [0.25, 0.3) is 0 Å². The van der Waals surface area contributed by atoms with Crippen LogP contribution in [0.5, 0.6) is 0 Å². The first-order valence-electron chi connectivity index (χ1n) is 5.77. The molecular formula is C10H15N5O3S. The zero-order valence-corrected chi connectivity index (χ0v) is 11.6. The molecule has 0 fully saturated rings. The highest BCUT2D eigenvalue weighted by molar-refractivity contribution is 7.98. The van der Waals surface area contributed by atoms with Crippen LogP contribution in [0.3, 0.4) is 0 Å². The molecule has 0 aliphatic carbocycles. The average molecular weight is 285 g/mol. The number of nitrogens with zero attached hydrogens (tertiary/aromatic N) is 4. The van der Waals surface area contributed by atoms with Crippen LogP contribution in [0.4, 0.5) is 0 Å². The quantitative estimate of drug-likeness (QED) is 0.587. The molecule has 0 spiro atoms. The van der Waals surface area contributed by atoms with Crippen LogP contribution >= 0.6 is 11.8 Å². The van der Waals surface area contributed by atoms with Gasteiger partial charge in [0.1, 0.15) is 0 Å². The normalized spacial score (nSPS) is 11.1. The van der Waals surface area contributed by atoms with Crippen molar-refractivity contribution < 1.29 is 9.26 Å². The van der Waals surface area contributed by atoms with E-state index in [-0.39, 0.29) is 5.69 Å². The maximum Gasteiger partial charge on any atom is 0.343 e. The zero-order valence-electron chi connectivity index (χ0n) is 10.8. The van der Waals surface area contributed by atoms with Gasteiger partial charge in [-0.3, -0.25) is 4.57 Å². The maximum absolute atomic E-state index is 11.6. The van der Waals surface area contributed by atoms with Crippen LogP contribution in [0.15, 0.2) is 14.5 Å². The van der Waals surface area contributed by atoms with Gasteiger partial charge in [-0.2, -0.15) is 4.98 Å². The van der Waals surface area contributed by atoms with Crippen molar-refractivity contribution in [3.05, 3.63) is 22.2 Å². The number of aryl methyl sites for hydroxylation is 1. The van der Waals surface area contributed by atoms with Gasteiger partial charge in [0.15, 0.2) is 11.0 Å². The third kappa shape index (κ3) is 3.67. The topological polar surface area (TPSA) is 98.8 Å². The molecule has 0 aromatic carbocycles. The minimum Gasteiger partial charge on any atom is -0.385 e. The van der Waals surface area contributed by atoms with Crippen molar-refractivity contribution in [2.24, 2.45) is 0 Å². The lowest BCUT2D eigenvalue weighted by molar-refractivity contribution is 0.189.